The molecule has 3 nitrogen and oxygen atoms in total. The van der Waals surface area contributed by atoms with E-state index in [1.54, 1.807) is 31.2 Å². The minimum atomic E-state index is -1.44. The second-order valence-corrected chi connectivity index (χ2v) is 3.14. The Morgan fingerprint density at radius 1 is 1.46 bits per heavy atom. The molecule has 0 aliphatic rings. The van der Waals surface area contributed by atoms with E-state index in [9.17, 15) is 0 Å². The molecule has 1 rings (SSSR count). The summed E-state index contributed by atoms with van der Waals surface area (Å²) in [4.78, 5) is 0. The van der Waals surface area contributed by atoms with E-state index in [4.69, 9.17) is 17.2 Å². The van der Waals surface area contributed by atoms with Gasteiger partial charge >= 0.3 is 7.12 Å². The van der Waals surface area contributed by atoms with Crippen LogP contribution in [0.3, 0.4) is 0 Å². The Morgan fingerprint density at radius 3 is 2.38 bits per heavy atom. The van der Waals surface area contributed by atoms with E-state index in [1.165, 1.54) is 0 Å². The molecule has 0 bridgehead atoms. The summed E-state index contributed by atoms with van der Waals surface area (Å²) >= 11 is 0. The Kier molecular flexibility index (Phi) is 2.97. The summed E-state index contributed by atoms with van der Waals surface area (Å²) in [5, 5.41) is 17.7. The van der Waals surface area contributed by atoms with E-state index in [0.717, 1.165) is 5.56 Å². The largest absolute Gasteiger partial charge is 0.488 e. The van der Waals surface area contributed by atoms with Gasteiger partial charge in [0.15, 0.2) is 0 Å². The highest BCUT2D eigenvalue weighted by molar-refractivity contribution is 6.58. The molecule has 0 saturated carbocycles. The summed E-state index contributed by atoms with van der Waals surface area (Å²) in [7, 11) is -1.44. The molecular formula is C9H14BNO2. The van der Waals surface area contributed by atoms with Gasteiger partial charge in [-0.15, -0.1) is 0 Å². The van der Waals surface area contributed by atoms with Crippen LogP contribution in [-0.2, 0) is 6.42 Å². The van der Waals surface area contributed by atoms with E-state index in [-0.39, 0.29) is 0 Å². The molecule has 0 fully saturated rings. The van der Waals surface area contributed by atoms with Crippen LogP contribution in [0.2, 0.25) is 0 Å². The average Bonchev–Trinajstić information content (AvgIpc) is 2.02. The predicted octanol–water partition coefficient (Wildman–Crippen LogP) is -0.744. The van der Waals surface area contributed by atoms with Crippen molar-refractivity contribution in [1.29, 1.82) is 0 Å². The van der Waals surface area contributed by atoms with Gasteiger partial charge in [0.05, 0.1) is 0 Å². The van der Waals surface area contributed by atoms with E-state index in [2.05, 4.69) is 0 Å². The molecule has 0 aliphatic carbocycles. The van der Waals surface area contributed by atoms with Crippen LogP contribution in [0.15, 0.2) is 24.3 Å². The van der Waals surface area contributed by atoms with E-state index >= 15 is 0 Å². The van der Waals surface area contributed by atoms with Crippen LogP contribution in [0.5, 0.6) is 0 Å². The van der Waals surface area contributed by atoms with E-state index < -0.39 is 13.1 Å². The maximum Gasteiger partial charge on any atom is 0.488 e. The molecule has 0 spiro atoms. The first-order valence-electron chi connectivity index (χ1n) is 4.62. The number of hydrogen-bond acceptors (Lipinski definition) is 3. The van der Waals surface area contributed by atoms with Gasteiger partial charge in [-0.25, -0.2) is 0 Å². The topological polar surface area (TPSA) is 66.5 Å². The molecule has 0 saturated heterocycles. The van der Waals surface area contributed by atoms with Gasteiger partial charge in [-0.2, -0.15) is 0 Å². The summed E-state index contributed by atoms with van der Waals surface area (Å²) < 4.78 is 7.49. The van der Waals surface area contributed by atoms with Gasteiger partial charge in [0.2, 0.25) is 0 Å². The van der Waals surface area contributed by atoms with Crippen molar-refractivity contribution in [3.05, 3.63) is 29.8 Å². The standard InChI is InChI=1S/C9H14BNO2/c1-7(11)6-8-2-4-9(5-3-8)10(12)13/h2-5,7,12-13H,6,11H2,1H3/t7-/m1/s1/i7D. The zero-order valence-electron chi connectivity index (χ0n) is 8.57. The van der Waals surface area contributed by atoms with Gasteiger partial charge in [0.1, 0.15) is 0 Å². The number of benzene rings is 1. The van der Waals surface area contributed by atoms with Crippen LogP contribution in [0, 0.1) is 0 Å². The van der Waals surface area contributed by atoms with E-state index in [0.29, 0.717) is 11.9 Å². The Bertz CT molecular complexity index is 295. The van der Waals surface area contributed by atoms with Gasteiger partial charge in [0.25, 0.3) is 0 Å². The smallest absolute Gasteiger partial charge is 0.423 e. The molecule has 4 N–H and O–H groups in total. The lowest BCUT2D eigenvalue weighted by Gasteiger charge is -2.05. The molecule has 70 valence electrons. The Labute approximate surface area is 79.8 Å². The molecule has 1 aromatic carbocycles. The third-order valence-electron chi connectivity index (χ3n) is 1.76. The van der Waals surface area contributed by atoms with Crippen LogP contribution in [-0.4, -0.2) is 23.2 Å². The number of rotatable bonds is 3. The van der Waals surface area contributed by atoms with Gasteiger partial charge in [0, 0.05) is 7.39 Å². The molecule has 0 aliphatic heterocycles. The van der Waals surface area contributed by atoms with Crippen molar-refractivity contribution in [3.63, 3.8) is 0 Å². The van der Waals surface area contributed by atoms with Crippen molar-refractivity contribution in [1.82, 2.24) is 0 Å². The van der Waals surface area contributed by atoms with Crippen LogP contribution in [0.1, 0.15) is 13.9 Å². The maximum absolute atomic E-state index is 8.84. The van der Waals surface area contributed by atoms with Crippen molar-refractivity contribution >= 4 is 12.6 Å². The molecule has 0 unspecified atom stereocenters. The number of hydrogen-bond donors (Lipinski definition) is 3. The Morgan fingerprint density at radius 2 is 2.00 bits per heavy atom. The van der Waals surface area contributed by atoms with Crippen molar-refractivity contribution in [2.45, 2.75) is 19.4 Å². The lowest BCUT2D eigenvalue weighted by molar-refractivity contribution is 0.426. The van der Waals surface area contributed by atoms with Crippen molar-refractivity contribution in [2.75, 3.05) is 0 Å². The second-order valence-electron chi connectivity index (χ2n) is 3.14. The predicted molar refractivity (Wildman–Crippen MR) is 53.6 cm³/mol. The molecule has 1 atom stereocenters. The summed E-state index contributed by atoms with van der Waals surface area (Å²) in [6, 6.07) is 5.74. The molecule has 1 aromatic rings. The third kappa shape index (κ3) is 3.18. The second kappa shape index (κ2) is 4.41. The third-order valence-corrected chi connectivity index (χ3v) is 1.76. The summed E-state index contributed by atoms with van der Waals surface area (Å²) in [6.45, 7) is 1.63. The first-order chi connectivity index (χ1) is 6.38. The molecule has 0 amide bonds. The zero-order chi connectivity index (χ0) is 10.8. The minimum absolute atomic E-state index is 0.439. The molecule has 0 radical (unpaired) electrons. The van der Waals surface area contributed by atoms with Gasteiger partial charge in [-0.1, -0.05) is 24.3 Å². The fourth-order valence-electron chi connectivity index (χ4n) is 1.13. The Balaban J connectivity index is 2.74. The van der Waals surface area contributed by atoms with Crippen LogP contribution in [0.25, 0.3) is 0 Å². The summed E-state index contributed by atoms with van der Waals surface area (Å²) in [5.41, 5.74) is 6.89. The van der Waals surface area contributed by atoms with Gasteiger partial charge < -0.3 is 15.8 Å². The van der Waals surface area contributed by atoms with Crippen LogP contribution >= 0.6 is 0 Å². The highest BCUT2D eigenvalue weighted by Crippen LogP contribution is 2.00. The van der Waals surface area contributed by atoms with Crippen LogP contribution < -0.4 is 11.2 Å². The normalized spacial score (nSPS) is 16.2. The zero-order valence-corrected chi connectivity index (χ0v) is 7.57. The average molecular weight is 180 g/mol. The molecule has 13 heavy (non-hydrogen) atoms. The highest BCUT2D eigenvalue weighted by Gasteiger charge is 2.09. The summed E-state index contributed by atoms with van der Waals surface area (Å²) in [5.74, 6) is 0. The van der Waals surface area contributed by atoms with Crippen molar-refractivity contribution < 1.29 is 11.4 Å². The molecular weight excluding hydrogens is 165 g/mol. The first kappa shape index (κ1) is 8.75. The molecule has 0 aromatic heterocycles. The highest BCUT2D eigenvalue weighted by atomic mass is 16.4. The van der Waals surface area contributed by atoms with Crippen molar-refractivity contribution in [2.24, 2.45) is 5.73 Å². The summed E-state index contributed by atoms with van der Waals surface area (Å²) in [6.07, 6.45) is 0.439. The van der Waals surface area contributed by atoms with Crippen LogP contribution in [0.4, 0.5) is 0 Å². The quantitative estimate of drug-likeness (QED) is 0.536. The van der Waals surface area contributed by atoms with E-state index in [1.807, 2.05) is 0 Å². The minimum Gasteiger partial charge on any atom is -0.423 e. The fraction of sp³-hybridized carbons (Fsp3) is 0.333. The van der Waals surface area contributed by atoms with Gasteiger partial charge in [-0.3, -0.25) is 0 Å². The monoisotopic (exact) mass is 180 g/mol. The lowest BCUT2D eigenvalue weighted by Crippen LogP contribution is -2.29. The molecule has 0 heterocycles. The fourth-order valence-corrected chi connectivity index (χ4v) is 1.13. The SMILES string of the molecule is [2H][C@](C)(N)Cc1ccc(B(O)O)cc1. The van der Waals surface area contributed by atoms with Gasteiger partial charge in [-0.05, 0) is 24.4 Å². The first-order valence-corrected chi connectivity index (χ1v) is 4.12. The maximum atomic E-state index is 8.84. The Hall–Kier alpha value is -0.835. The lowest BCUT2D eigenvalue weighted by atomic mass is 9.80. The van der Waals surface area contributed by atoms with Crippen molar-refractivity contribution in [3.8, 4) is 0 Å². The number of nitrogens with two attached hydrogens (primary N) is 1. The molecule has 4 heteroatoms.